The molecule has 0 aromatic heterocycles. The van der Waals surface area contributed by atoms with Crippen LogP contribution in [0.2, 0.25) is 0 Å². The van der Waals surface area contributed by atoms with Crippen LogP contribution in [0.15, 0.2) is 36.4 Å². The number of carbonyl (C=O) groups is 1. The number of carboxylic acids is 1. The van der Waals surface area contributed by atoms with E-state index in [0.29, 0.717) is 5.39 Å². The van der Waals surface area contributed by atoms with Crippen LogP contribution in [-0.4, -0.2) is 16.2 Å². The highest BCUT2D eigenvalue weighted by Gasteiger charge is 2.19. The van der Waals surface area contributed by atoms with Gasteiger partial charge in [-0.3, -0.25) is 4.79 Å². The van der Waals surface area contributed by atoms with Crippen LogP contribution in [0.25, 0.3) is 10.8 Å². The van der Waals surface area contributed by atoms with Crippen LogP contribution in [-0.2, 0) is 4.79 Å². The summed E-state index contributed by atoms with van der Waals surface area (Å²) in [6, 6.07) is 9.26. The Kier molecular flexibility index (Phi) is 2.50. The molecule has 0 aliphatic heterocycles. The van der Waals surface area contributed by atoms with Crippen LogP contribution in [0.3, 0.4) is 0 Å². The van der Waals surface area contributed by atoms with Gasteiger partial charge in [0.25, 0.3) is 0 Å². The third kappa shape index (κ3) is 1.59. The van der Waals surface area contributed by atoms with E-state index in [0.717, 1.165) is 5.39 Å². The SMILES string of the molecule is N[C@H](C(=O)O)c1ccc2ccccc2c1O. The zero-order valence-corrected chi connectivity index (χ0v) is 8.42. The summed E-state index contributed by atoms with van der Waals surface area (Å²) in [4.78, 5) is 10.8. The van der Waals surface area contributed by atoms with Gasteiger partial charge < -0.3 is 15.9 Å². The molecule has 82 valence electrons. The summed E-state index contributed by atoms with van der Waals surface area (Å²) in [6.07, 6.45) is 0. The number of aliphatic carboxylic acids is 1. The maximum atomic E-state index is 10.8. The van der Waals surface area contributed by atoms with Crippen molar-refractivity contribution in [3.8, 4) is 5.75 Å². The monoisotopic (exact) mass is 217 g/mol. The lowest BCUT2D eigenvalue weighted by Gasteiger charge is -2.11. The molecule has 0 radical (unpaired) electrons. The highest BCUT2D eigenvalue weighted by molar-refractivity contribution is 5.91. The van der Waals surface area contributed by atoms with Crippen molar-refractivity contribution in [1.82, 2.24) is 0 Å². The Balaban J connectivity index is 2.65. The van der Waals surface area contributed by atoms with Crippen molar-refractivity contribution in [2.24, 2.45) is 5.73 Å². The van der Waals surface area contributed by atoms with E-state index in [-0.39, 0.29) is 11.3 Å². The maximum Gasteiger partial charge on any atom is 0.325 e. The molecule has 4 N–H and O–H groups in total. The van der Waals surface area contributed by atoms with Crippen molar-refractivity contribution in [2.75, 3.05) is 0 Å². The van der Waals surface area contributed by atoms with Crippen LogP contribution >= 0.6 is 0 Å². The second kappa shape index (κ2) is 3.83. The minimum Gasteiger partial charge on any atom is -0.507 e. The standard InChI is InChI=1S/C12H11NO3/c13-10(12(15)16)9-6-5-7-3-1-2-4-8(7)11(9)14/h1-6,10,14H,13H2,(H,15,16)/t10-/m0/s1. The van der Waals surface area contributed by atoms with Crippen molar-refractivity contribution in [3.05, 3.63) is 42.0 Å². The predicted octanol–water partition coefficient (Wildman–Crippen LogP) is 1.63. The van der Waals surface area contributed by atoms with Gasteiger partial charge in [0, 0.05) is 10.9 Å². The van der Waals surface area contributed by atoms with Gasteiger partial charge in [-0.2, -0.15) is 0 Å². The second-order valence-electron chi connectivity index (χ2n) is 3.54. The molecule has 0 aliphatic rings. The molecule has 16 heavy (non-hydrogen) atoms. The Morgan fingerprint density at radius 1 is 1.19 bits per heavy atom. The van der Waals surface area contributed by atoms with Gasteiger partial charge >= 0.3 is 5.97 Å². The van der Waals surface area contributed by atoms with Crippen LogP contribution in [0.4, 0.5) is 0 Å². The Morgan fingerprint density at radius 2 is 1.88 bits per heavy atom. The van der Waals surface area contributed by atoms with Crippen molar-refractivity contribution < 1.29 is 15.0 Å². The molecule has 4 heteroatoms. The lowest BCUT2D eigenvalue weighted by Crippen LogP contribution is -2.20. The molecule has 0 amide bonds. The molecule has 2 aromatic carbocycles. The fraction of sp³-hybridized carbons (Fsp3) is 0.0833. The number of fused-ring (bicyclic) bond motifs is 1. The number of nitrogens with two attached hydrogens (primary N) is 1. The molecule has 0 aliphatic carbocycles. The maximum absolute atomic E-state index is 10.8. The number of aromatic hydroxyl groups is 1. The van der Waals surface area contributed by atoms with E-state index in [4.69, 9.17) is 10.8 Å². The van der Waals surface area contributed by atoms with Crippen molar-refractivity contribution in [3.63, 3.8) is 0 Å². The normalized spacial score (nSPS) is 12.6. The van der Waals surface area contributed by atoms with Gasteiger partial charge in [-0.25, -0.2) is 0 Å². The summed E-state index contributed by atoms with van der Waals surface area (Å²) < 4.78 is 0. The Bertz CT molecular complexity index is 551. The fourth-order valence-corrected chi connectivity index (χ4v) is 1.66. The third-order valence-electron chi connectivity index (χ3n) is 2.53. The van der Waals surface area contributed by atoms with E-state index in [2.05, 4.69) is 0 Å². The molecule has 0 fully saturated rings. The summed E-state index contributed by atoms with van der Waals surface area (Å²) in [5.74, 6) is -1.22. The third-order valence-corrected chi connectivity index (χ3v) is 2.53. The van der Waals surface area contributed by atoms with E-state index >= 15 is 0 Å². The first kappa shape index (κ1) is 10.4. The first-order valence-corrected chi connectivity index (χ1v) is 4.80. The molecule has 0 saturated carbocycles. The predicted molar refractivity (Wildman–Crippen MR) is 60.2 cm³/mol. The highest BCUT2D eigenvalue weighted by atomic mass is 16.4. The van der Waals surface area contributed by atoms with Crippen LogP contribution in [0.1, 0.15) is 11.6 Å². The highest BCUT2D eigenvalue weighted by Crippen LogP contribution is 2.31. The number of phenols is 1. The molecule has 1 atom stereocenters. The van der Waals surface area contributed by atoms with Gasteiger partial charge in [-0.1, -0.05) is 36.4 Å². The van der Waals surface area contributed by atoms with Gasteiger partial charge in [0.2, 0.25) is 0 Å². The Labute approximate surface area is 91.9 Å². The molecule has 4 nitrogen and oxygen atoms in total. The molecular formula is C12H11NO3. The zero-order valence-electron chi connectivity index (χ0n) is 8.42. The summed E-state index contributed by atoms with van der Waals surface area (Å²) in [6.45, 7) is 0. The van der Waals surface area contributed by atoms with Crippen LogP contribution < -0.4 is 5.73 Å². The molecule has 2 aromatic rings. The molecular weight excluding hydrogens is 206 g/mol. The first-order chi connectivity index (χ1) is 7.61. The van der Waals surface area contributed by atoms with E-state index in [9.17, 15) is 9.90 Å². The quantitative estimate of drug-likeness (QED) is 0.713. The summed E-state index contributed by atoms with van der Waals surface area (Å²) in [7, 11) is 0. The number of hydrogen-bond acceptors (Lipinski definition) is 3. The van der Waals surface area contributed by atoms with Crippen LogP contribution in [0, 0.1) is 0 Å². The topological polar surface area (TPSA) is 83.6 Å². The summed E-state index contributed by atoms with van der Waals surface area (Å²) >= 11 is 0. The lowest BCUT2D eigenvalue weighted by molar-refractivity contribution is -0.138. The smallest absolute Gasteiger partial charge is 0.325 e. The van der Waals surface area contributed by atoms with E-state index in [1.54, 1.807) is 18.2 Å². The van der Waals surface area contributed by atoms with Gasteiger partial charge in [0.1, 0.15) is 11.8 Å². The van der Waals surface area contributed by atoms with Gasteiger partial charge in [-0.15, -0.1) is 0 Å². The van der Waals surface area contributed by atoms with Crippen molar-refractivity contribution in [1.29, 1.82) is 0 Å². The molecule has 0 bridgehead atoms. The van der Waals surface area contributed by atoms with Gasteiger partial charge in [0.05, 0.1) is 0 Å². The van der Waals surface area contributed by atoms with Crippen molar-refractivity contribution in [2.45, 2.75) is 6.04 Å². The number of benzene rings is 2. The zero-order chi connectivity index (χ0) is 11.7. The second-order valence-corrected chi connectivity index (χ2v) is 3.54. The van der Waals surface area contributed by atoms with Gasteiger partial charge in [0.15, 0.2) is 0 Å². The minimum atomic E-state index is -1.20. The first-order valence-electron chi connectivity index (χ1n) is 4.80. The van der Waals surface area contributed by atoms with E-state index in [1.807, 2.05) is 12.1 Å². The molecule has 0 heterocycles. The lowest BCUT2D eigenvalue weighted by atomic mass is 10.0. The van der Waals surface area contributed by atoms with Gasteiger partial charge in [-0.05, 0) is 5.39 Å². The molecule has 0 unspecified atom stereocenters. The Morgan fingerprint density at radius 3 is 2.56 bits per heavy atom. The number of carboxylic acid groups (broad SMARTS) is 1. The number of hydrogen-bond donors (Lipinski definition) is 3. The van der Waals surface area contributed by atoms with Crippen LogP contribution in [0.5, 0.6) is 5.75 Å². The van der Waals surface area contributed by atoms with Crippen molar-refractivity contribution >= 4 is 16.7 Å². The average molecular weight is 217 g/mol. The fourth-order valence-electron chi connectivity index (χ4n) is 1.66. The molecule has 2 rings (SSSR count). The summed E-state index contributed by atoms with van der Waals surface area (Å²) in [5, 5.41) is 20.2. The largest absolute Gasteiger partial charge is 0.507 e. The summed E-state index contributed by atoms with van der Waals surface area (Å²) in [5.41, 5.74) is 5.70. The van der Waals surface area contributed by atoms with E-state index in [1.165, 1.54) is 6.07 Å². The molecule has 0 spiro atoms. The average Bonchev–Trinajstić information content (AvgIpc) is 2.29. The number of rotatable bonds is 2. The Hall–Kier alpha value is -2.07. The molecule has 0 saturated heterocycles. The number of phenolic OH excluding ortho intramolecular Hbond substituents is 1. The van der Waals surface area contributed by atoms with E-state index < -0.39 is 12.0 Å². The minimum absolute atomic E-state index is 0.0620.